The summed E-state index contributed by atoms with van der Waals surface area (Å²) in [6, 6.07) is -0.182. The molecule has 3 fully saturated rings. The number of nitrogens with one attached hydrogen (secondary N) is 6. The highest BCUT2D eigenvalue weighted by Crippen LogP contribution is 2.37. The molecule has 11 heteroatoms. The number of ether oxygens (including phenoxy) is 1. The number of hydrogen-bond donors (Lipinski definition) is 6. The maximum atomic E-state index is 13.1. The fourth-order valence-corrected chi connectivity index (χ4v) is 4.36. The van der Waals surface area contributed by atoms with Crippen molar-refractivity contribution < 1.29 is 17.9 Å². The van der Waals surface area contributed by atoms with Gasteiger partial charge in [-0.15, -0.1) is 0 Å². The lowest BCUT2D eigenvalue weighted by Gasteiger charge is -2.41. The van der Waals surface area contributed by atoms with E-state index in [-0.39, 0.29) is 37.8 Å². The zero-order valence-electron chi connectivity index (χ0n) is 17.3. The van der Waals surface area contributed by atoms with E-state index in [9.17, 15) is 13.2 Å². The minimum Gasteiger partial charge on any atom is -0.350 e. The summed E-state index contributed by atoms with van der Waals surface area (Å²) < 4.78 is 45.0. The molecule has 8 nitrogen and oxygen atoms in total. The Labute approximate surface area is 171 Å². The molecule has 1 saturated carbocycles. The van der Waals surface area contributed by atoms with Crippen molar-refractivity contribution in [1.29, 1.82) is 0 Å². The number of alkyl halides is 3. The van der Waals surface area contributed by atoms with Gasteiger partial charge < -0.3 is 10.1 Å². The second-order valence-corrected chi connectivity index (χ2v) is 8.09. The van der Waals surface area contributed by atoms with Crippen molar-refractivity contribution in [2.24, 2.45) is 5.92 Å². The van der Waals surface area contributed by atoms with E-state index in [0.29, 0.717) is 19.2 Å². The molecule has 0 radical (unpaired) electrons. The van der Waals surface area contributed by atoms with E-state index in [1.165, 1.54) is 0 Å². The van der Waals surface area contributed by atoms with Crippen molar-refractivity contribution in [3.63, 3.8) is 0 Å². The standard InChI is InChI=1S/C18H36F3N7O/c1-3-29-17-26-15(23-8-10-28-9-7-22-12(28)2)25-16(27-17)24-14-6-4-5-13(11-14)18(19,20)21/h12-17,22-27H,3-11H2,1-2H3. The minimum absolute atomic E-state index is 0.119. The quantitative estimate of drug-likeness (QED) is 0.331. The van der Waals surface area contributed by atoms with Crippen molar-refractivity contribution in [1.82, 2.24) is 36.8 Å². The molecule has 2 heterocycles. The third-order valence-corrected chi connectivity index (χ3v) is 5.98. The predicted octanol–water partition coefficient (Wildman–Crippen LogP) is 0.208. The van der Waals surface area contributed by atoms with Gasteiger partial charge in [0.25, 0.3) is 0 Å². The van der Waals surface area contributed by atoms with Crippen LogP contribution in [0.4, 0.5) is 13.2 Å². The molecular weight excluding hydrogens is 387 g/mol. The molecule has 0 aromatic rings. The second kappa shape index (κ2) is 10.7. The zero-order valence-corrected chi connectivity index (χ0v) is 17.3. The van der Waals surface area contributed by atoms with Gasteiger partial charge in [-0.05, 0) is 33.1 Å². The average molecular weight is 424 g/mol. The molecular formula is C18H36F3N7O. The molecule has 170 valence electrons. The summed E-state index contributed by atoms with van der Waals surface area (Å²) in [5.41, 5.74) is 0. The maximum absolute atomic E-state index is 13.1. The Morgan fingerprint density at radius 3 is 2.62 bits per heavy atom. The van der Waals surface area contributed by atoms with Crippen LogP contribution in [0.1, 0.15) is 39.5 Å². The molecule has 0 aromatic carbocycles. The van der Waals surface area contributed by atoms with Crippen molar-refractivity contribution in [2.75, 3.05) is 32.8 Å². The van der Waals surface area contributed by atoms with Crippen molar-refractivity contribution in [2.45, 2.75) is 76.8 Å². The van der Waals surface area contributed by atoms with E-state index in [4.69, 9.17) is 4.74 Å². The third kappa shape index (κ3) is 7.00. The van der Waals surface area contributed by atoms with Crippen LogP contribution in [0.5, 0.6) is 0 Å². The number of halogens is 3. The number of nitrogens with zero attached hydrogens (tertiary/aromatic N) is 1. The molecule has 6 unspecified atom stereocenters. The molecule has 3 rings (SSSR count). The largest absolute Gasteiger partial charge is 0.391 e. The molecule has 2 aliphatic heterocycles. The van der Waals surface area contributed by atoms with Crippen LogP contribution in [0.25, 0.3) is 0 Å². The van der Waals surface area contributed by atoms with E-state index < -0.39 is 12.1 Å². The van der Waals surface area contributed by atoms with Gasteiger partial charge in [0.15, 0.2) is 6.35 Å². The van der Waals surface area contributed by atoms with E-state index in [0.717, 1.165) is 32.6 Å². The summed E-state index contributed by atoms with van der Waals surface area (Å²) in [5.74, 6) is -1.22. The zero-order chi connectivity index (χ0) is 20.9. The Bertz CT molecular complexity index is 499. The number of rotatable bonds is 8. The summed E-state index contributed by atoms with van der Waals surface area (Å²) in [5, 5.41) is 20.0. The van der Waals surface area contributed by atoms with Crippen molar-refractivity contribution in [3.8, 4) is 0 Å². The molecule has 3 aliphatic rings. The first-order valence-electron chi connectivity index (χ1n) is 10.8. The summed E-state index contributed by atoms with van der Waals surface area (Å²) in [6.45, 7) is 8.31. The van der Waals surface area contributed by atoms with E-state index in [1.54, 1.807) is 0 Å². The Kier molecular flexibility index (Phi) is 8.51. The van der Waals surface area contributed by atoms with Gasteiger partial charge in [-0.2, -0.15) is 13.2 Å². The first-order valence-corrected chi connectivity index (χ1v) is 10.8. The highest BCUT2D eigenvalue weighted by Gasteiger charge is 2.42. The van der Waals surface area contributed by atoms with Crippen LogP contribution in [-0.4, -0.2) is 75.0 Å². The van der Waals surface area contributed by atoms with Crippen LogP contribution < -0.4 is 31.9 Å². The van der Waals surface area contributed by atoms with Crippen LogP contribution in [0.15, 0.2) is 0 Å². The maximum Gasteiger partial charge on any atom is 0.391 e. The lowest BCUT2D eigenvalue weighted by molar-refractivity contribution is -0.184. The third-order valence-electron chi connectivity index (χ3n) is 5.98. The summed E-state index contributed by atoms with van der Waals surface area (Å²) in [6.07, 6.45) is -2.99. The fourth-order valence-electron chi connectivity index (χ4n) is 4.36. The van der Waals surface area contributed by atoms with Crippen LogP contribution in [0, 0.1) is 5.92 Å². The lowest BCUT2D eigenvalue weighted by atomic mass is 9.85. The minimum atomic E-state index is -4.12. The molecule has 0 spiro atoms. The Morgan fingerprint density at radius 1 is 1.14 bits per heavy atom. The molecule has 0 amide bonds. The Hall–Kier alpha value is -0.530. The average Bonchev–Trinajstić information content (AvgIpc) is 3.06. The first-order chi connectivity index (χ1) is 13.8. The normalized spacial score (nSPS) is 37.1. The van der Waals surface area contributed by atoms with E-state index in [1.807, 2.05) is 6.92 Å². The molecule has 2 saturated heterocycles. The first kappa shape index (κ1) is 23.1. The van der Waals surface area contributed by atoms with Crippen LogP contribution in [-0.2, 0) is 4.74 Å². The summed E-state index contributed by atoms with van der Waals surface area (Å²) in [7, 11) is 0. The summed E-state index contributed by atoms with van der Waals surface area (Å²) in [4.78, 5) is 2.36. The molecule has 1 aliphatic carbocycles. The van der Waals surface area contributed by atoms with Crippen LogP contribution in [0.2, 0.25) is 0 Å². The Balaban J connectivity index is 1.48. The highest BCUT2D eigenvalue weighted by atomic mass is 19.4. The monoisotopic (exact) mass is 423 g/mol. The van der Waals surface area contributed by atoms with Gasteiger partial charge in [-0.3, -0.25) is 31.5 Å². The topological polar surface area (TPSA) is 84.7 Å². The molecule has 0 bridgehead atoms. The van der Waals surface area contributed by atoms with Gasteiger partial charge in [-0.25, -0.2) is 0 Å². The molecule has 6 atom stereocenters. The lowest BCUT2D eigenvalue weighted by Crippen LogP contribution is -2.76. The van der Waals surface area contributed by atoms with Crippen molar-refractivity contribution >= 4 is 0 Å². The SMILES string of the molecule is CCOC1NC(NCCN2CCNC2C)NC(NC2CCCC(C(F)(F)F)C2)N1. The number of hydrogen-bond acceptors (Lipinski definition) is 8. The van der Waals surface area contributed by atoms with E-state index >= 15 is 0 Å². The van der Waals surface area contributed by atoms with Crippen LogP contribution >= 0.6 is 0 Å². The van der Waals surface area contributed by atoms with Crippen LogP contribution in [0.3, 0.4) is 0 Å². The van der Waals surface area contributed by atoms with Gasteiger partial charge >= 0.3 is 6.18 Å². The Morgan fingerprint density at radius 2 is 1.93 bits per heavy atom. The van der Waals surface area contributed by atoms with Gasteiger partial charge in [-0.1, -0.05) is 6.42 Å². The molecule has 29 heavy (non-hydrogen) atoms. The van der Waals surface area contributed by atoms with Crippen molar-refractivity contribution in [3.05, 3.63) is 0 Å². The molecule has 6 N–H and O–H groups in total. The highest BCUT2D eigenvalue weighted by molar-refractivity contribution is 4.86. The fraction of sp³-hybridized carbons (Fsp3) is 1.00. The molecule has 0 aromatic heterocycles. The smallest absolute Gasteiger partial charge is 0.350 e. The summed E-state index contributed by atoms with van der Waals surface area (Å²) >= 11 is 0. The van der Waals surface area contributed by atoms with E-state index in [2.05, 4.69) is 43.7 Å². The van der Waals surface area contributed by atoms with Gasteiger partial charge in [0.2, 0.25) is 0 Å². The van der Waals surface area contributed by atoms with Gasteiger partial charge in [0.05, 0.1) is 12.1 Å². The second-order valence-electron chi connectivity index (χ2n) is 8.09. The predicted molar refractivity (Wildman–Crippen MR) is 104 cm³/mol. The van der Waals surface area contributed by atoms with Gasteiger partial charge in [0, 0.05) is 38.8 Å². The van der Waals surface area contributed by atoms with Gasteiger partial charge in [0.1, 0.15) is 12.6 Å².